The Balaban J connectivity index is 2.55. The summed E-state index contributed by atoms with van der Waals surface area (Å²) in [6, 6.07) is 8.82. The molecule has 2 rings (SSSR count). The summed E-state index contributed by atoms with van der Waals surface area (Å²) in [7, 11) is 0. The molecule has 1 heterocycles. The van der Waals surface area contributed by atoms with Crippen LogP contribution in [0.3, 0.4) is 0 Å². The van der Waals surface area contributed by atoms with E-state index in [0.717, 1.165) is 5.56 Å². The molecule has 0 radical (unpaired) electrons. The summed E-state index contributed by atoms with van der Waals surface area (Å²) in [6.45, 7) is 1.95. The summed E-state index contributed by atoms with van der Waals surface area (Å²) in [5, 5.41) is 0. The quantitative estimate of drug-likeness (QED) is 0.747. The van der Waals surface area contributed by atoms with E-state index in [1.807, 2.05) is 19.1 Å². The molecule has 0 atom stereocenters. The molecule has 0 saturated carbocycles. The Morgan fingerprint density at radius 1 is 1.38 bits per heavy atom. The highest BCUT2D eigenvalue weighted by atomic mass is 16.1. The molecule has 1 aromatic heterocycles. The first-order chi connectivity index (χ1) is 7.69. The van der Waals surface area contributed by atoms with Gasteiger partial charge in [-0.1, -0.05) is 19.1 Å². The van der Waals surface area contributed by atoms with Crippen LogP contribution in [0.1, 0.15) is 12.7 Å². The van der Waals surface area contributed by atoms with Crippen LogP contribution >= 0.6 is 0 Å². The molecular weight excluding hydrogens is 202 g/mol. The zero-order valence-electron chi connectivity index (χ0n) is 9.03. The SMILES string of the molecule is CCc1nc(-c2cccc(N)c2)cc(=O)[nH]1. The van der Waals surface area contributed by atoms with Gasteiger partial charge in [0.25, 0.3) is 5.56 Å². The van der Waals surface area contributed by atoms with Gasteiger partial charge >= 0.3 is 0 Å². The Hall–Kier alpha value is -2.10. The number of anilines is 1. The van der Waals surface area contributed by atoms with Gasteiger partial charge < -0.3 is 10.7 Å². The molecule has 0 unspecified atom stereocenters. The minimum Gasteiger partial charge on any atom is -0.399 e. The van der Waals surface area contributed by atoms with Crippen molar-refractivity contribution >= 4 is 5.69 Å². The molecule has 0 fully saturated rings. The van der Waals surface area contributed by atoms with Gasteiger partial charge in [0.05, 0.1) is 5.69 Å². The standard InChI is InChI=1S/C12H13N3O/c1-2-11-14-10(7-12(16)15-11)8-4-3-5-9(13)6-8/h3-7H,2,13H2,1H3,(H,14,15,16). The number of H-pyrrole nitrogens is 1. The minimum absolute atomic E-state index is 0.135. The molecule has 0 saturated heterocycles. The number of nitrogens with two attached hydrogens (primary N) is 1. The van der Waals surface area contributed by atoms with Gasteiger partial charge in [0.2, 0.25) is 0 Å². The first kappa shape index (κ1) is 10.4. The largest absolute Gasteiger partial charge is 0.399 e. The second kappa shape index (κ2) is 4.18. The molecule has 16 heavy (non-hydrogen) atoms. The van der Waals surface area contributed by atoms with E-state index in [0.29, 0.717) is 23.6 Å². The maximum absolute atomic E-state index is 11.4. The van der Waals surface area contributed by atoms with Crippen LogP contribution in [-0.4, -0.2) is 9.97 Å². The average molecular weight is 215 g/mol. The van der Waals surface area contributed by atoms with Gasteiger partial charge in [0.1, 0.15) is 5.82 Å². The Kier molecular flexibility index (Phi) is 2.72. The fourth-order valence-corrected chi connectivity index (χ4v) is 1.52. The normalized spacial score (nSPS) is 10.3. The van der Waals surface area contributed by atoms with Crippen molar-refractivity contribution in [3.8, 4) is 11.3 Å². The molecule has 0 aliphatic carbocycles. The van der Waals surface area contributed by atoms with E-state index in [4.69, 9.17) is 5.73 Å². The Bertz CT molecular complexity index is 560. The Labute approximate surface area is 93.2 Å². The molecule has 0 aliphatic rings. The van der Waals surface area contributed by atoms with Crippen molar-refractivity contribution in [3.63, 3.8) is 0 Å². The summed E-state index contributed by atoms with van der Waals surface area (Å²) in [5.74, 6) is 0.685. The molecule has 3 N–H and O–H groups in total. The zero-order valence-corrected chi connectivity index (χ0v) is 9.03. The third kappa shape index (κ3) is 2.11. The van der Waals surface area contributed by atoms with Gasteiger partial charge in [-0.05, 0) is 12.1 Å². The van der Waals surface area contributed by atoms with Crippen LogP contribution in [0, 0.1) is 0 Å². The number of aromatic amines is 1. The smallest absolute Gasteiger partial charge is 0.251 e. The number of hydrogen-bond acceptors (Lipinski definition) is 3. The first-order valence-electron chi connectivity index (χ1n) is 5.15. The third-order valence-corrected chi connectivity index (χ3v) is 2.31. The third-order valence-electron chi connectivity index (χ3n) is 2.31. The lowest BCUT2D eigenvalue weighted by atomic mass is 10.1. The highest BCUT2D eigenvalue weighted by Gasteiger charge is 2.02. The molecule has 4 heteroatoms. The zero-order chi connectivity index (χ0) is 11.5. The second-order valence-electron chi connectivity index (χ2n) is 3.56. The number of nitrogens with zero attached hydrogens (tertiary/aromatic N) is 1. The maximum atomic E-state index is 11.4. The van der Waals surface area contributed by atoms with Crippen molar-refractivity contribution in [2.24, 2.45) is 0 Å². The van der Waals surface area contributed by atoms with Crippen LogP contribution in [0.4, 0.5) is 5.69 Å². The van der Waals surface area contributed by atoms with E-state index < -0.39 is 0 Å². The number of aromatic nitrogens is 2. The highest BCUT2D eigenvalue weighted by Crippen LogP contribution is 2.17. The Morgan fingerprint density at radius 2 is 2.19 bits per heavy atom. The van der Waals surface area contributed by atoms with E-state index in [1.54, 1.807) is 12.1 Å². The minimum atomic E-state index is -0.135. The lowest BCUT2D eigenvalue weighted by molar-refractivity contribution is 0.924. The van der Waals surface area contributed by atoms with Crippen LogP contribution in [-0.2, 0) is 6.42 Å². The van der Waals surface area contributed by atoms with Crippen molar-refractivity contribution in [1.82, 2.24) is 9.97 Å². The van der Waals surface area contributed by atoms with Gasteiger partial charge in [0.15, 0.2) is 0 Å². The summed E-state index contributed by atoms with van der Waals surface area (Å²) >= 11 is 0. The van der Waals surface area contributed by atoms with Crippen LogP contribution in [0.15, 0.2) is 35.1 Å². The van der Waals surface area contributed by atoms with Crippen LogP contribution in [0.5, 0.6) is 0 Å². The number of rotatable bonds is 2. The molecule has 0 amide bonds. The predicted molar refractivity (Wildman–Crippen MR) is 64.1 cm³/mol. The van der Waals surface area contributed by atoms with E-state index in [-0.39, 0.29) is 5.56 Å². The molecule has 0 bridgehead atoms. The van der Waals surface area contributed by atoms with Crippen molar-refractivity contribution in [1.29, 1.82) is 0 Å². The Morgan fingerprint density at radius 3 is 2.88 bits per heavy atom. The van der Waals surface area contributed by atoms with Crippen molar-refractivity contribution in [3.05, 3.63) is 46.5 Å². The molecule has 4 nitrogen and oxygen atoms in total. The summed E-state index contributed by atoms with van der Waals surface area (Å²) in [6.07, 6.45) is 0.700. The highest BCUT2D eigenvalue weighted by molar-refractivity contribution is 5.63. The topological polar surface area (TPSA) is 71.8 Å². The lowest BCUT2D eigenvalue weighted by Crippen LogP contribution is -2.10. The van der Waals surface area contributed by atoms with Crippen molar-refractivity contribution in [2.45, 2.75) is 13.3 Å². The molecule has 0 spiro atoms. The van der Waals surface area contributed by atoms with Gasteiger partial charge in [-0.2, -0.15) is 0 Å². The fraction of sp³-hybridized carbons (Fsp3) is 0.167. The number of benzene rings is 1. The van der Waals surface area contributed by atoms with Gasteiger partial charge in [-0.3, -0.25) is 4.79 Å². The molecule has 1 aromatic carbocycles. The number of nitrogens with one attached hydrogen (secondary N) is 1. The van der Waals surface area contributed by atoms with E-state index in [2.05, 4.69) is 9.97 Å². The monoisotopic (exact) mass is 215 g/mol. The molecule has 2 aromatic rings. The molecule has 82 valence electrons. The fourth-order valence-electron chi connectivity index (χ4n) is 1.52. The summed E-state index contributed by atoms with van der Waals surface area (Å²) in [4.78, 5) is 18.4. The van der Waals surface area contributed by atoms with Gasteiger partial charge in [-0.25, -0.2) is 4.98 Å². The van der Waals surface area contributed by atoms with E-state index in [1.165, 1.54) is 6.07 Å². The van der Waals surface area contributed by atoms with Gasteiger partial charge in [-0.15, -0.1) is 0 Å². The van der Waals surface area contributed by atoms with Gasteiger partial charge in [0, 0.05) is 23.7 Å². The summed E-state index contributed by atoms with van der Waals surface area (Å²) < 4.78 is 0. The van der Waals surface area contributed by atoms with E-state index in [9.17, 15) is 4.79 Å². The van der Waals surface area contributed by atoms with Crippen LogP contribution in [0.2, 0.25) is 0 Å². The van der Waals surface area contributed by atoms with Crippen LogP contribution < -0.4 is 11.3 Å². The van der Waals surface area contributed by atoms with E-state index >= 15 is 0 Å². The molecular formula is C12H13N3O. The first-order valence-corrected chi connectivity index (χ1v) is 5.15. The average Bonchev–Trinajstić information content (AvgIpc) is 2.28. The van der Waals surface area contributed by atoms with Crippen molar-refractivity contribution < 1.29 is 0 Å². The van der Waals surface area contributed by atoms with Crippen molar-refractivity contribution in [2.75, 3.05) is 5.73 Å². The molecule has 0 aliphatic heterocycles. The summed E-state index contributed by atoms with van der Waals surface area (Å²) in [5.41, 5.74) is 7.74. The number of hydrogen-bond donors (Lipinski definition) is 2. The maximum Gasteiger partial charge on any atom is 0.251 e. The number of aryl methyl sites for hydroxylation is 1. The van der Waals surface area contributed by atoms with Crippen LogP contribution in [0.25, 0.3) is 11.3 Å². The number of nitrogen functional groups attached to an aromatic ring is 1. The lowest BCUT2D eigenvalue weighted by Gasteiger charge is -2.03. The second-order valence-corrected chi connectivity index (χ2v) is 3.56. The predicted octanol–water partition coefficient (Wildman–Crippen LogP) is 1.58.